The van der Waals surface area contributed by atoms with E-state index in [9.17, 15) is 19.7 Å². The van der Waals surface area contributed by atoms with Gasteiger partial charge in [0.05, 0.1) is 42.9 Å². The van der Waals surface area contributed by atoms with E-state index in [1.807, 2.05) is 13.1 Å². The molecule has 4 rings (SSSR count). The number of nitrogen functional groups attached to an aromatic ring is 1. The normalized spacial score (nSPS) is 15.9. The van der Waals surface area contributed by atoms with Gasteiger partial charge in [-0.1, -0.05) is 0 Å². The number of ether oxygens (including phenoxy) is 2. The van der Waals surface area contributed by atoms with Crippen LogP contribution < -0.4 is 15.5 Å². The molecule has 2 N–H and O–H groups in total. The first-order chi connectivity index (χ1) is 20.1. The molecule has 0 spiro atoms. The van der Waals surface area contributed by atoms with Gasteiger partial charge in [-0.25, -0.2) is 9.97 Å². The number of rotatable bonds is 9. The number of hydrogen-bond donors (Lipinski definition) is 1. The van der Waals surface area contributed by atoms with Gasteiger partial charge in [-0.05, 0) is 45.6 Å². The second-order valence-corrected chi connectivity index (χ2v) is 10.2. The lowest BCUT2D eigenvalue weighted by Gasteiger charge is -2.33. The third-order valence-electron chi connectivity index (χ3n) is 7.09. The van der Waals surface area contributed by atoms with Crippen molar-refractivity contribution in [2.75, 3.05) is 95.2 Å². The fraction of sp³-hybridized carbons (Fsp3) is 0.571. The molecule has 2 aliphatic rings. The Morgan fingerprint density at radius 2 is 1.24 bits per heavy atom. The van der Waals surface area contributed by atoms with E-state index in [1.165, 1.54) is 6.20 Å². The molecule has 2 fully saturated rings. The summed E-state index contributed by atoms with van der Waals surface area (Å²) >= 11 is 0. The highest BCUT2D eigenvalue weighted by Gasteiger charge is 2.22. The van der Waals surface area contributed by atoms with E-state index >= 15 is 0 Å². The molecule has 0 bridgehead atoms. The number of anilines is 3. The Morgan fingerprint density at radius 1 is 0.810 bits per heavy atom. The van der Waals surface area contributed by atoms with Gasteiger partial charge in [0.25, 0.3) is 5.69 Å². The van der Waals surface area contributed by atoms with E-state index in [-0.39, 0.29) is 31.1 Å². The second kappa shape index (κ2) is 15.8. The second-order valence-electron chi connectivity index (χ2n) is 10.2. The quantitative estimate of drug-likeness (QED) is 0.255. The van der Waals surface area contributed by atoms with Crippen LogP contribution in [0, 0.1) is 10.1 Å². The number of pyridine rings is 2. The van der Waals surface area contributed by atoms with Crippen LogP contribution in [0.2, 0.25) is 0 Å². The van der Waals surface area contributed by atoms with Crippen molar-refractivity contribution in [1.29, 1.82) is 0 Å². The Hall–Kier alpha value is -4.04. The number of nitrogens with two attached hydrogens (primary N) is 1. The molecule has 0 saturated carbocycles. The molecular weight excluding hydrogens is 544 g/mol. The molecule has 2 saturated heterocycles. The number of nitrogens with zero attached hydrogens (tertiary/aromatic N) is 7. The largest absolute Gasteiger partial charge is 0.466 e. The summed E-state index contributed by atoms with van der Waals surface area (Å²) < 4.78 is 9.84. The van der Waals surface area contributed by atoms with E-state index < -0.39 is 10.9 Å². The standard InChI is InChI=1S/C14H20N4O4.C14H22N4O2/c1-3-22-14(19)9-11-8-13(15-10-12(11)18(20)21)17-6-4-16(2)5-7-17;1-3-20-14(19)9-11-8-13(16-10-12(11)15)18-6-4-17(2)5-7-18/h8,10H,3-7,9H2,1-2H3;8,10H,3-7,9,15H2,1-2H3. The number of likely N-dealkylation sites (N-methyl/N-ethyl adjacent to an activating group) is 2. The van der Waals surface area contributed by atoms with Crippen LogP contribution in [0.15, 0.2) is 24.5 Å². The van der Waals surface area contributed by atoms with Crippen molar-refractivity contribution in [2.24, 2.45) is 0 Å². The van der Waals surface area contributed by atoms with Gasteiger partial charge in [0.1, 0.15) is 17.8 Å². The van der Waals surface area contributed by atoms with Gasteiger partial charge in [-0.2, -0.15) is 0 Å². The van der Waals surface area contributed by atoms with Crippen molar-refractivity contribution < 1.29 is 24.0 Å². The summed E-state index contributed by atoms with van der Waals surface area (Å²) in [5, 5.41) is 11.1. The van der Waals surface area contributed by atoms with Crippen LogP contribution in [0.4, 0.5) is 23.0 Å². The zero-order valence-electron chi connectivity index (χ0n) is 25.0. The number of nitro groups is 1. The van der Waals surface area contributed by atoms with Crippen molar-refractivity contribution in [1.82, 2.24) is 19.8 Å². The van der Waals surface area contributed by atoms with Crippen molar-refractivity contribution in [2.45, 2.75) is 26.7 Å². The van der Waals surface area contributed by atoms with Crippen molar-refractivity contribution in [3.8, 4) is 0 Å². The highest BCUT2D eigenvalue weighted by Crippen LogP contribution is 2.24. The average Bonchev–Trinajstić information content (AvgIpc) is 2.95. The predicted molar refractivity (Wildman–Crippen MR) is 160 cm³/mol. The fourth-order valence-corrected chi connectivity index (χ4v) is 4.58. The van der Waals surface area contributed by atoms with E-state index in [0.29, 0.717) is 23.7 Å². The predicted octanol–water partition coefficient (Wildman–Crippen LogP) is 1.37. The molecule has 14 heteroatoms. The third-order valence-corrected chi connectivity index (χ3v) is 7.09. The summed E-state index contributed by atoms with van der Waals surface area (Å²) in [5.41, 5.74) is 7.40. The van der Waals surface area contributed by atoms with Crippen LogP contribution in [0.25, 0.3) is 0 Å². The lowest BCUT2D eigenvalue weighted by molar-refractivity contribution is -0.385. The molecule has 42 heavy (non-hydrogen) atoms. The van der Waals surface area contributed by atoms with Crippen LogP contribution in [-0.4, -0.2) is 116 Å². The summed E-state index contributed by atoms with van der Waals surface area (Å²) in [7, 11) is 4.16. The Bertz CT molecular complexity index is 1210. The van der Waals surface area contributed by atoms with Crippen LogP contribution in [0.3, 0.4) is 0 Å². The topological polar surface area (TPSA) is 160 Å². The molecule has 2 aromatic heterocycles. The van der Waals surface area contributed by atoms with Gasteiger partial charge in [0.15, 0.2) is 0 Å². The number of piperazine rings is 2. The molecule has 2 aliphatic heterocycles. The maximum atomic E-state index is 11.6. The summed E-state index contributed by atoms with van der Waals surface area (Å²) in [6.07, 6.45) is 2.93. The zero-order chi connectivity index (χ0) is 30.6. The van der Waals surface area contributed by atoms with Gasteiger partial charge < -0.3 is 34.8 Å². The van der Waals surface area contributed by atoms with Gasteiger partial charge in [-0.15, -0.1) is 0 Å². The van der Waals surface area contributed by atoms with Crippen LogP contribution in [0.5, 0.6) is 0 Å². The average molecular weight is 587 g/mol. The summed E-state index contributed by atoms with van der Waals surface area (Å²) in [6, 6.07) is 3.53. The zero-order valence-corrected chi connectivity index (χ0v) is 25.0. The Balaban J connectivity index is 0.000000231. The van der Waals surface area contributed by atoms with Gasteiger partial charge in [-0.3, -0.25) is 19.7 Å². The number of aromatic nitrogens is 2. The number of esters is 2. The SMILES string of the molecule is CCOC(=O)Cc1cc(N2CCN(C)CC2)ncc1N.CCOC(=O)Cc1cc(N2CCN(C)CC2)ncc1[N+](=O)[O-]. The monoisotopic (exact) mass is 586 g/mol. The van der Waals surface area contributed by atoms with Crippen molar-refractivity contribution in [3.05, 3.63) is 45.8 Å². The van der Waals surface area contributed by atoms with Crippen LogP contribution in [0.1, 0.15) is 25.0 Å². The molecule has 14 nitrogen and oxygen atoms in total. The molecular formula is C28H42N8O6. The highest BCUT2D eigenvalue weighted by atomic mass is 16.6. The highest BCUT2D eigenvalue weighted by molar-refractivity contribution is 5.75. The third kappa shape index (κ3) is 9.52. The van der Waals surface area contributed by atoms with Crippen molar-refractivity contribution in [3.63, 3.8) is 0 Å². The maximum absolute atomic E-state index is 11.6. The Kier molecular flexibility index (Phi) is 12.2. The lowest BCUT2D eigenvalue weighted by Crippen LogP contribution is -2.44. The number of carbonyl (C=O) groups is 2. The first-order valence-electron chi connectivity index (χ1n) is 14.2. The van der Waals surface area contributed by atoms with E-state index in [0.717, 1.165) is 63.7 Å². The lowest BCUT2D eigenvalue weighted by atomic mass is 10.1. The maximum Gasteiger partial charge on any atom is 0.310 e. The molecule has 0 amide bonds. The Morgan fingerprint density at radius 3 is 1.69 bits per heavy atom. The minimum absolute atomic E-state index is 0.118. The van der Waals surface area contributed by atoms with Gasteiger partial charge in [0.2, 0.25) is 0 Å². The van der Waals surface area contributed by atoms with E-state index in [2.05, 4.69) is 36.6 Å². The summed E-state index contributed by atoms with van der Waals surface area (Å²) in [4.78, 5) is 51.1. The first kappa shape index (κ1) is 32.5. The fourth-order valence-electron chi connectivity index (χ4n) is 4.58. The molecule has 0 aromatic carbocycles. The Labute approximate surface area is 246 Å². The smallest absolute Gasteiger partial charge is 0.310 e. The van der Waals surface area contributed by atoms with Gasteiger partial charge in [0, 0.05) is 57.9 Å². The van der Waals surface area contributed by atoms with Crippen LogP contribution >= 0.6 is 0 Å². The molecule has 0 aliphatic carbocycles. The van der Waals surface area contributed by atoms with Gasteiger partial charge >= 0.3 is 11.9 Å². The minimum Gasteiger partial charge on any atom is -0.466 e. The van der Waals surface area contributed by atoms with Crippen molar-refractivity contribution >= 4 is 34.9 Å². The molecule has 0 unspecified atom stereocenters. The molecule has 0 radical (unpaired) electrons. The first-order valence-corrected chi connectivity index (χ1v) is 14.2. The number of hydrogen-bond acceptors (Lipinski definition) is 13. The summed E-state index contributed by atoms with van der Waals surface area (Å²) in [5.74, 6) is 0.820. The molecule has 0 atom stereocenters. The molecule has 230 valence electrons. The van der Waals surface area contributed by atoms with Crippen LogP contribution in [-0.2, 0) is 31.9 Å². The minimum atomic E-state index is -0.519. The molecule has 4 heterocycles. The number of carbonyl (C=O) groups excluding carboxylic acids is 2. The molecule has 2 aromatic rings. The summed E-state index contributed by atoms with van der Waals surface area (Å²) in [6.45, 7) is 11.5. The van der Waals surface area contributed by atoms with E-state index in [1.54, 1.807) is 26.1 Å². The van der Waals surface area contributed by atoms with E-state index in [4.69, 9.17) is 15.2 Å².